The molecule has 3 unspecified atom stereocenters. The fraction of sp³-hybridized carbons (Fsp3) is 0.621. The highest BCUT2D eigenvalue weighted by Gasteiger charge is 2.35. The molecule has 0 fully saturated rings. The van der Waals surface area contributed by atoms with Crippen LogP contribution in [0.25, 0.3) is 0 Å². The summed E-state index contributed by atoms with van der Waals surface area (Å²) in [5, 5.41) is 58.7. The largest absolute Gasteiger partial charge is 0.508 e. The summed E-state index contributed by atoms with van der Waals surface area (Å²) in [7, 11) is 0. The molecule has 242 valence electrons. The molecule has 1 rings (SSSR count). The quantitative estimate of drug-likeness (QED) is 0.109. The Bertz CT molecular complexity index is 1030. The van der Waals surface area contributed by atoms with E-state index < -0.39 is 72.9 Å². The van der Waals surface area contributed by atoms with E-state index in [9.17, 15) is 54.6 Å². The number of rotatable bonds is 22. The molecule has 0 spiro atoms. The Morgan fingerprint density at radius 2 is 1.00 bits per heavy atom. The molecule has 5 atom stereocenters. The van der Waals surface area contributed by atoms with Crippen molar-refractivity contribution in [1.82, 2.24) is 14.7 Å². The van der Waals surface area contributed by atoms with Gasteiger partial charge in [-0.3, -0.25) is 38.7 Å². The monoisotopic (exact) mass is 611 g/mol. The maximum absolute atomic E-state index is 12.6. The highest BCUT2D eigenvalue weighted by molar-refractivity contribution is 5.77. The average Bonchev–Trinajstić information content (AvgIpc) is 2.91. The molecule has 0 aliphatic carbocycles. The van der Waals surface area contributed by atoms with Gasteiger partial charge in [0.2, 0.25) is 0 Å². The van der Waals surface area contributed by atoms with Crippen molar-refractivity contribution in [2.24, 2.45) is 11.8 Å². The molecule has 0 aromatic heterocycles. The lowest BCUT2D eigenvalue weighted by molar-refractivity contribution is -0.150. The van der Waals surface area contributed by atoms with Gasteiger partial charge in [0, 0.05) is 26.2 Å². The smallest absolute Gasteiger partial charge is 0.321 e. The molecule has 6 N–H and O–H groups in total. The second-order valence-electron chi connectivity index (χ2n) is 10.8. The maximum Gasteiger partial charge on any atom is 0.321 e. The number of aromatic hydroxyl groups is 1. The number of aliphatic carboxylic acids is 5. The predicted octanol–water partition coefficient (Wildman–Crippen LogP) is 1.46. The van der Waals surface area contributed by atoms with Gasteiger partial charge < -0.3 is 30.6 Å². The Hall–Kier alpha value is -3.75. The predicted molar refractivity (Wildman–Crippen MR) is 155 cm³/mol. The second kappa shape index (κ2) is 18.0. The van der Waals surface area contributed by atoms with Crippen molar-refractivity contribution >= 4 is 29.8 Å². The normalized spacial score (nSPS) is 15.1. The minimum absolute atomic E-state index is 0.0179. The number of phenolic OH excluding ortho intramolecular Hbond substituents is 1. The van der Waals surface area contributed by atoms with Crippen LogP contribution >= 0.6 is 0 Å². The van der Waals surface area contributed by atoms with Gasteiger partial charge >= 0.3 is 29.8 Å². The molecule has 14 nitrogen and oxygen atoms in total. The zero-order valence-corrected chi connectivity index (χ0v) is 25.1. The first-order chi connectivity index (χ1) is 20.1. The van der Waals surface area contributed by atoms with Crippen LogP contribution in [0.1, 0.15) is 46.1 Å². The number of hydrogen-bond donors (Lipinski definition) is 6. The molecule has 0 heterocycles. The van der Waals surface area contributed by atoms with Crippen molar-refractivity contribution in [2.45, 2.75) is 65.1 Å². The van der Waals surface area contributed by atoms with Crippen LogP contribution in [0.2, 0.25) is 0 Å². The summed E-state index contributed by atoms with van der Waals surface area (Å²) in [6, 6.07) is 2.35. The second-order valence-corrected chi connectivity index (χ2v) is 10.8. The molecule has 0 saturated carbocycles. The van der Waals surface area contributed by atoms with E-state index >= 15 is 0 Å². The SMILES string of the molecule is CC[C@H](C)C(C(=O)O)N(CCN(CCN(CC(=O)O)C(C(=O)O)[C@@H](C)CC)C(Cc1ccc(O)cc1)C(=O)O)CC(=O)O. The van der Waals surface area contributed by atoms with Crippen LogP contribution < -0.4 is 0 Å². The fourth-order valence-corrected chi connectivity index (χ4v) is 5.11. The minimum atomic E-state index is -1.26. The van der Waals surface area contributed by atoms with Crippen LogP contribution in [0.15, 0.2) is 24.3 Å². The Morgan fingerprint density at radius 3 is 1.30 bits per heavy atom. The van der Waals surface area contributed by atoms with Crippen LogP contribution in [-0.2, 0) is 30.4 Å². The number of hydrogen-bond acceptors (Lipinski definition) is 9. The molecule has 43 heavy (non-hydrogen) atoms. The minimum Gasteiger partial charge on any atom is -0.508 e. The molecule has 1 aromatic carbocycles. The zero-order chi connectivity index (χ0) is 32.9. The number of phenols is 1. The first-order valence-electron chi connectivity index (χ1n) is 14.2. The molecular formula is C29H45N3O11. The first-order valence-corrected chi connectivity index (χ1v) is 14.2. The van der Waals surface area contributed by atoms with E-state index in [4.69, 9.17) is 0 Å². The van der Waals surface area contributed by atoms with E-state index in [1.165, 1.54) is 26.8 Å². The summed E-state index contributed by atoms with van der Waals surface area (Å²) in [6.07, 6.45) is 0.854. The molecule has 0 radical (unpaired) electrons. The number of nitrogens with zero attached hydrogens (tertiary/aromatic N) is 3. The van der Waals surface area contributed by atoms with E-state index in [2.05, 4.69) is 0 Å². The summed E-state index contributed by atoms with van der Waals surface area (Å²) in [4.78, 5) is 64.2. The van der Waals surface area contributed by atoms with Gasteiger partial charge in [-0.25, -0.2) is 0 Å². The van der Waals surface area contributed by atoms with Gasteiger partial charge in [-0.2, -0.15) is 0 Å². The van der Waals surface area contributed by atoms with E-state index in [1.54, 1.807) is 39.8 Å². The van der Waals surface area contributed by atoms with E-state index in [0.717, 1.165) is 0 Å². The molecule has 1 aromatic rings. The summed E-state index contributed by atoms with van der Waals surface area (Å²) in [6.45, 7) is 5.21. The van der Waals surface area contributed by atoms with Crippen LogP contribution in [0.5, 0.6) is 5.75 Å². The summed E-state index contributed by atoms with van der Waals surface area (Å²) in [5.74, 6) is -7.05. The Morgan fingerprint density at radius 1 is 0.628 bits per heavy atom. The van der Waals surface area contributed by atoms with Crippen molar-refractivity contribution in [1.29, 1.82) is 0 Å². The lowest BCUT2D eigenvalue weighted by Gasteiger charge is -2.37. The fourth-order valence-electron chi connectivity index (χ4n) is 5.11. The number of carboxylic acid groups (broad SMARTS) is 5. The Labute approximate surface area is 251 Å². The summed E-state index contributed by atoms with van der Waals surface area (Å²) in [5.41, 5.74) is 0.561. The van der Waals surface area contributed by atoms with Crippen LogP contribution in [-0.4, -0.2) is 133 Å². The maximum atomic E-state index is 12.6. The van der Waals surface area contributed by atoms with E-state index in [-0.39, 0.29) is 38.3 Å². The molecular weight excluding hydrogens is 566 g/mol. The van der Waals surface area contributed by atoms with Crippen LogP contribution in [0, 0.1) is 11.8 Å². The highest BCUT2D eigenvalue weighted by Crippen LogP contribution is 2.19. The average molecular weight is 612 g/mol. The molecule has 0 aliphatic heterocycles. The van der Waals surface area contributed by atoms with Gasteiger partial charge in [-0.05, 0) is 36.0 Å². The van der Waals surface area contributed by atoms with E-state index in [0.29, 0.717) is 18.4 Å². The van der Waals surface area contributed by atoms with Gasteiger partial charge in [-0.15, -0.1) is 0 Å². The molecule has 0 aliphatic rings. The van der Waals surface area contributed by atoms with Gasteiger partial charge in [0.15, 0.2) is 0 Å². The topological polar surface area (TPSA) is 216 Å². The highest BCUT2D eigenvalue weighted by atomic mass is 16.4. The van der Waals surface area contributed by atoms with Crippen LogP contribution in [0.4, 0.5) is 0 Å². The third kappa shape index (κ3) is 12.2. The Balaban J connectivity index is 3.49. The van der Waals surface area contributed by atoms with Crippen LogP contribution in [0.3, 0.4) is 0 Å². The molecule has 0 saturated heterocycles. The van der Waals surface area contributed by atoms with Crippen molar-refractivity contribution in [3.63, 3.8) is 0 Å². The summed E-state index contributed by atoms with van der Waals surface area (Å²) < 4.78 is 0. The van der Waals surface area contributed by atoms with Crippen molar-refractivity contribution in [3.8, 4) is 5.75 Å². The third-order valence-corrected chi connectivity index (χ3v) is 7.78. The Kier molecular flexibility index (Phi) is 15.6. The van der Waals surface area contributed by atoms with Gasteiger partial charge in [0.05, 0.1) is 13.1 Å². The lowest BCUT2D eigenvalue weighted by atomic mass is 9.97. The van der Waals surface area contributed by atoms with Gasteiger partial charge in [0.1, 0.15) is 23.9 Å². The lowest BCUT2D eigenvalue weighted by Crippen LogP contribution is -2.55. The standard InChI is InChI=1S/C29H45N3O11/c1-5-18(3)25(28(40)41)31(16-23(34)35)13-11-30(22(27(38)39)15-20-7-9-21(33)10-8-20)12-14-32(17-24(36)37)26(29(42)43)19(4)6-2/h7-10,18-19,22,25-26,33H,5-6,11-17H2,1-4H3,(H,34,35)(H,36,37)(H,38,39)(H,40,41)(H,42,43)/t18-,19-,22?,25?,26?/m0/s1. The molecule has 0 amide bonds. The van der Waals surface area contributed by atoms with Gasteiger partial charge in [0.25, 0.3) is 0 Å². The molecule has 14 heteroatoms. The van der Waals surface area contributed by atoms with E-state index in [1.807, 2.05) is 0 Å². The van der Waals surface area contributed by atoms with Gasteiger partial charge in [-0.1, -0.05) is 52.7 Å². The van der Waals surface area contributed by atoms with Crippen molar-refractivity contribution < 1.29 is 54.6 Å². The number of benzene rings is 1. The van der Waals surface area contributed by atoms with Crippen molar-refractivity contribution in [2.75, 3.05) is 39.3 Å². The summed E-state index contributed by atoms with van der Waals surface area (Å²) >= 11 is 0. The number of carbonyl (C=O) groups is 5. The third-order valence-electron chi connectivity index (χ3n) is 7.78. The zero-order valence-electron chi connectivity index (χ0n) is 25.1. The number of carboxylic acids is 5. The molecule has 0 bridgehead atoms. The first kappa shape index (κ1) is 37.3. The van der Waals surface area contributed by atoms with Crippen molar-refractivity contribution in [3.05, 3.63) is 29.8 Å².